The molecule has 1 atom stereocenters. The van der Waals surface area contributed by atoms with Gasteiger partial charge in [-0.3, -0.25) is 4.79 Å². The zero-order valence-corrected chi connectivity index (χ0v) is 10.6. The summed E-state index contributed by atoms with van der Waals surface area (Å²) in [5, 5.41) is 18.9. The number of benzene rings is 1. The van der Waals surface area contributed by atoms with Gasteiger partial charge in [-0.1, -0.05) is 6.07 Å². The van der Waals surface area contributed by atoms with Gasteiger partial charge in [-0.15, -0.1) is 0 Å². The first-order valence-corrected chi connectivity index (χ1v) is 5.88. The molecule has 0 saturated heterocycles. The third-order valence-electron chi connectivity index (χ3n) is 2.98. The van der Waals surface area contributed by atoms with Crippen molar-refractivity contribution in [3.63, 3.8) is 0 Å². The predicted molar refractivity (Wildman–Crippen MR) is 71.4 cm³/mol. The van der Waals surface area contributed by atoms with Crippen molar-refractivity contribution < 1.29 is 15.0 Å². The van der Waals surface area contributed by atoms with Crippen LogP contribution >= 0.6 is 0 Å². The van der Waals surface area contributed by atoms with Gasteiger partial charge in [0.25, 0.3) is 0 Å². The van der Waals surface area contributed by atoms with E-state index in [4.69, 9.17) is 10.8 Å². The second kappa shape index (κ2) is 4.78. The Morgan fingerprint density at radius 3 is 2.58 bits per heavy atom. The first-order valence-electron chi connectivity index (χ1n) is 5.88. The molecule has 0 aliphatic carbocycles. The Hall–Kier alpha value is -2.27. The van der Waals surface area contributed by atoms with Crippen LogP contribution in [-0.4, -0.2) is 26.3 Å². The number of nitrogens with zero attached hydrogens (tertiary/aromatic N) is 1. The highest BCUT2D eigenvalue weighted by Gasteiger charge is 2.28. The van der Waals surface area contributed by atoms with E-state index in [0.717, 1.165) is 5.56 Å². The van der Waals surface area contributed by atoms with Gasteiger partial charge in [0.1, 0.15) is 11.3 Å². The Morgan fingerprint density at radius 2 is 2.00 bits per heavy atom. The highest BCUT2D eigenvalue weighted by Crippen LogP contribution is 2.24. The summed E-state index contributed by atoms with van der Waals surface area (Å²) in [4.78, 5) is 11.0. The van der Waals surface area contributed by atoms with E-state index >= 15 is 0 Å². The predicted octanol–water partition coefficient (Wildman–Crippen LogP) is 1.53. The molecular weight excluding hydrogens is 244 g/mol. The van der Waals surface area contributed by atoms with Crippen LogP contribution in [0.15, 0.2) is 42.7 Å². The van der Waals surface area contributed by atoms with Gasteiger partial charge < -0.3 is 20.5 Å². The first-order chi connectivity index (χ1) is 8.90. The highest BCUT2D eigenvalue weighted by atomic mass is 16.4. The van der Waals surface area contributed by atoms with E-state index in [9.17, 15) is 9.90 Å². The lowest BCUT2D eigenvalue weighted by atomic mass is 9.94. The number of aromatic hydroxyl groups is 1. The minimum Gasteiger partial charge on any atom is -0.506 e. The van der Waals surface area contributed by atoms with Crippen LogP contribution in [0.4, 0.5) is 0 Å². The lowest BCUT2D eigenvalue weighted by Gasteiger charge is -2.19. The zero-order chi connectivity index (χ0) is 14.0. The number of phenols is 1. The Bertz CT molecular complexity index is 589. The summed E-state index contributed by atoms with van der Waals surface area (Å²) < 4.78 is 1.76. The summed E-state index contributed by atoms with van der Waals surface area (Å²) in [5.74, 6) is -0.919. The largest absolute Gasteiger partial charge is 0.506 e. The maximum absolute atomic E-state index is 11.0. The Labute approximate surface area is 110 Å². The molecule has 19 heavy (non-hydrogen) atoms. The summed E-state index contributed by atoms with van der Waals surface area (Å²) in [5.41, 5.74) is 5.76. The molecule has 0 saturated carbocycles. The molecule has 100 valence electrons. The summed E-state index contributed by atoms with van der Waals surface area (Å²) >= 11 is 0. The minimum absolute atomic E-state index is 0.133. The lowest BCUT2D eigenvalue weighted by molar-refractivity contribution is -0.142. The summed E-state index contributed by atoms with van der Waals surface area (Å²) in [6, 6.07) is 8.65. The van der Waals surface area contributed by atoms with Crippen molar-refractivity contribution in [2.75, 3.05) is 0 Å². The number of phenolic OH excluding ortho intramolecular Hbond substituents is 1. The van der Waals surface area contributed by atoms with Gasteiger partial charge >= 0.3 is 5.97 Å². The summed E-state index contributed by atoms with van der Waals surface area (Å²) in [6.07, 6.45) is 3.80. The van der Waals surface area contributed by atoms with E-state index in [1.54, 1.807) is 35.2 Å². The average Bonchev–Trinajstić information content (AvgIpc) is 2.84. The summed E-state index contributed by atoms with van der Waals surface area (Å²) in [7, 11) is 0. The first kappa shape index (κ1) is 13.2. The van der Waals surface area contributed by atoms with Crippen LogP contribution in [0, 0.1) is 0 Å². The molecule has 1 heterocycles. The topological polar surface area (TPSA) is 88.5 Å². The van der Waals surface area contributed by atoms with Crippen LogP contribution in [0.5, 0.6) is 5.75 Å². The fraction of sp³-hybridized carbons (Fsp3) is 0.214. The minimum atomic E-state index is -1.33. The molecule has 1 aromatic carbocycles. The van der Waals surface area contributed by atoms with Gasteiger partial charge in [-0.05, 0) is 36.8 Å². The van der Waals surface area contributed by atoms with Crippen molar-refractivity contribution in [3.05, 3.63) is 48.3 Å². The van der Waals surface area contributed by atoms with Crippen molar-refractivity contribution in [1.29, 1.82) is 0 Å². The molecule has 2 rings (SSSR count). The molecule has 0 amide bonds. The fourth-order valence-corrected chi connectivity index (χ4v) is 1.88. The van der Waals surface area contributed by atoms with E-state index in [1.165, 1.54) is 6.92 Å². The van der Waals surface area contributed by atoms with Crippen molar-refractivity contribution >= 4 is 5.97 Å². The van der Waals surface area contributed by atoms with Crippen LogP contribution in [0.3, 0.4) is 0 Å². The highest BCUT2D eigenvalue weighted by molar-refractivity contribution is 5.78. The number of hydrogen-bond acceptors (Lipinski definition) is 3. The molecule has 1 aromatic heterocycles. The van der Waals surface area contributed by atoms with Crippen molar-refractivity contribution in [3.8, 4) is 11.4 Å². The van der Waals surface area contributed by atoms with Crippen LogP contribution in [-0.2, 0) is 11.2 Å². The molecule has 0 aliphatic rings. The van der Waals surface area contributed by atoms with Crippen molar-refractivity contribution in [2.24, 2.45) is 5.73 Å². The maximum Gasteiger partial charge on any atom is 0.323 e. The lowest BCUT2D eigenvalue weighted by Crippen LogP contribution is -2.46. The second-order valence-corrected chi connectivity index (χ2v) is 4.81. The average molecular weight is 260 g/mol. The molecule has 0 spiro atoms. The Kier molecular flexibility index (Phi) is 3.31. The molecule has 0 bridgehead atoms. The molecule has 0 radical (unpaired) electrons. The van der Waals surface area contributed by atoms with E-state index in [0.29, 0.717) is 5.69 Å². The molecular formula is C14H16N2O3. The number of hydrogen-bond donors (Lipinski definition) is 3. The molecule has 4 N–H and O–H groups in total. The van der Waals surface area contributed by atoms with Gasteiger partial charge in [0.05, 0.1) is 5.69 Å². The summed E-state index contributed by atoms with van der Waals surface area (Å²) in [6.45, 7) is 1.47. The van der Waals surface area contributed by atoms with E-state index in [1.807, 2.05) is 12.1 Å². The standard InChI is InChI=1S/C14H16N2O3/c1-14(15,13(18)19)9-10-4-5-12(17)11(8-10)16-6-2-3-7-16/h2-8,17H,9,15H2,1H3,(H,18,19). The second-order valence-electron chi connectivity index (χ2n) is 4.81. The molecule has 1 unspecified atom stereocenters. The fourth-order valence-electron chi connectivity index (χ4n) is 1.88. The zero-order valence-electron chi connectivity index (χ0n) is 10.6. The molecule has 5 heteroatoms. The molecule has 5 nitrogen and oxygen atoms in total. The maximum atomic E-state index is 11.0. The number of carboxylic acids is 1. The van der Waals surface area contributed by atoms with Crippen LogP contribution in [0.2, 0.25) is 0 Å². The van der Waals surface area contributed by atoms with Gasteiger partial charge in [0, 0.05) is 18.8 Å². The number of aromatic nitrogens is 1. The number of carbonyl (C=O) groups is 1. The smallest absolute Gasteiger partial charge is 0.323 e. The van der Waals surface area contributed by atoms with Gasteiger partial charge in [-0.25, -0.2) is 0 Å². The monoisotopic (exact) mass is 260 g/mol. The van der Waals surface area contributed by atoms with Crippen LogP contribution in [0.25, 0.3) is 5.69 Å². The number of nitrogens with two attached hydrogens (primary N) is 1. The SMILES string of the molecule is CC(N)(Cc1ccc(O)c(-n2cccc2)c1)C(=O)O. The van der Waals surface area contributed by atoms with Gasteiger partial charge in [-0.2, -0.15) is 0 Å². The molecule has 0 fully saturated rings. The van der Waals surface area contributed by atoms with Gasteiger partial charge in [0.15, 0.2) is 0 Å². The number of aliphatic carboxylic acids is 1. The Balaban J connectivity index is 2.35. The normalized spacial score (nSPS) is 14.0. The van der Waals surface area contributed by atoms with Crippen LogP contribution in [0.1, 0.15) is 12.5 Å². The van der Waals surface area contributed by atoms with Crippen molar-refractivity contribution in [2.45, 2.75) is 18.9 Å². The van der Waals surface area contributed by atoms with E-state index < -0.39 is 11.5 Å². The van der Waals surface area contributed by atoms with Gasteiger partial charge in [0.2, 0.25) is 0 Å². The van der Waals surface area contributed by atoms with E-state index in [2.05, 4.69) is 0 Å². The quantitative estimate of drug-likeness (QED) is 0.777. The molecule has 2 aromatic rings. The number of carboxylic acid groups (broad SMARTS) is 1. The third-order valence-corrected chi connectivity index (χ3v) is 2.98. The Morgan fingerprint density at radius 1 is 1.37 bits per heavy atom. The van der Waals surface area contributed by atoms with Crippen LogP contribution < -0.4 is 5.73 Å². The number of rotatable bonds is 4. The third kappa shape index (κ3) is 2.77. The van der Waals surface area contributed by atoms with E-state index in [-0.39, 0.29) is 12.2 Å². The van der Waals surface area contributed by atoms with Crippen molar-refractivity contribution in [1.82, 2.24) is 4.57 Å². The molecule has 0 aliphatic heterocycles.